The number of ketones is 1. The fourth-order valence-corrected chi connectivity index (χ4v) is 4.03. The van der Waals surface area contributed by atoms with Crippen LogP contribution < -0.4 is 0 Å². The van der Waals surface area contributed by atoms with Gasteiger partial charge in [-0.3, -0.25) is 4.79 Å². The van der Waals surface area contributed by atoms with Gasteiger partial charge < -0.3 is 0 Å². The van der Waals surface area contributed by atoms with E-state index < -0.39 is 0 Å². The first-order valence-electron chi connectivity index (χ1n) is 10.1. The zero-order valence-electron chi connectivity index (χ0n) is 16.5. The zero-order chi connectivity index (χ0) is 20.3. The number of allylic oxidation sites excluding steroid dienone is 4. The van der Waals surface area contributed by atoms with Crippen LogP contribution in [0.2, 0.25) is 0 Å². The van der Waals surface area contributed by atoms with Gasteiger partial charge in [0.15, 0.2) is 5.78 Å². The highest BCUT2D eigenvalue weighted by Gasteiger charge is 2.19. The van der Waals surface area contributed by atoms with E-state index in [1.54, 1.807) is 6.08 Å². The molecule has 0 fully saturated rings. The highest BCUT2D eigenvalue weighted by Crippen LogP contribution is 2.34. The topological polar surface area (TPSA) is 17.1 Å². The summed E-state index contributed by atoms with van der Waals surface area (Å²) >= 11 is 0. The number of carbonyl (C=O) groups is 1. The quantitative estimate of drug-likeness (QED) is 0.349. The summed E-state index contributed by atoms with van der Waals surface area (Å²) in [6.45, 7) is 0. The lowest BCUT2D eigenvalue weighted by Gasteiger charge is -2.16. The molecule has 0 unspecified atom stereocenters. The minimum absolute atomic E-state index is 0.0376. The molecule has 142 valence electrons. The lowest BCUT2D eigenvalue weighted by molar-refractivity contribution is -0.109. The summed E-state index contributed by atoms with van der Waals surface area (Å²) in [5.74, 6) is 0.0376. The van der Waals surface area contributed by atoms with E-state index in [2.05, 4.69) is 54.6 Å². The Morgan fingerprint density at radius 3 is 1.97 bits per heavy atom. The third-order valence-corrected chi connectivity index (χ3v) is 5.50. The molecule has 0 spiro atoms. The van der Waals surface area contributed by atoms with Crippen molar-refractivity contribution >= 4 is 33.8 Å². The predicted octanol–water partition coefficient (Wildman–Crippen LogP) is 6.95. The van der Waals surface area contributed by atoms with Crippen molar-refractivity contribution in [2.45, 2.75) is 0 Å². The molecule has 0 aromatic heterocycles. The SMILES string of the molecule is O=C1C=Cc2ccc3ccccc3c2/C1=C/C=C(c1ccccc1)c1ccccc1. The van der Waals surface area contributed by atoms with Crippen molar-refractivity contribution in [2.75, 3.05) is 0 Å². The number of hydrogen-bond donors (Lipinski definition) is 0. The van der Waals surface area contributed by atoms with Crippen LogP contribution in [0.15, 0.2) is 115 Å². The number of carbonyl (C=O) groups excluding carboxylic acids is 1. The lowest BCUT2D eigenvalue weighted by Crippen LogP contribution is -2.05. The van der Waals surface area contributed by atoms with Crippen LogP contribution in [0.5, 0.6) is 0 Å². The van der Waals surface area contributed by atoms with Crippen LogP contribution in [-0.2, 0) is 4.79 Å². The molecule has 0 saturated heterocycles. The number of benzene rings is 4. The van der Waals surface area contributed by atoms with Gasteiger partial charge in [-0.2, -0.15) is 0 Å². The fraction of sp³-hybridized carbons (Fsp3) is 0. The van der Waals surface area contributed by atoms with Crippen LogP contribution in [0.1, 0.15) is 22.3 Å². The molecule has 1 aliphatic carbocycles. The molecule has 1 nitrogen and oxygen atoms in total. The van der Waals surface area contributed by atoms with Crippen LogP contribution in [0.3, 0.4) is 0 Å². The van der Waals surface area contributed by atoms with Gasteiger partial charge in [-0.15, -0.1) is 0 Å². The van der Waals surface area contributed by atoms with Gasteiger partial charge in [0.2, 0.25) is 0 Å². The van der Waals surface area contributed by atoms with Crippen molar-refractivity contribution in [3.63, 3.8) is 0 Å². The lowest BCUT2D eigenvalue weighted by atomic mass is 9.86. The molecule has 0 amide bonds. The largest absolute Gasteiger partial charge is 0.289 e. The summed E-state index contributed by atoms with van der Waals surface area (Å²) in [5, 5.41) is 2.24. The van der Waals surface area contributed by atoms with Gasteiger partial charge in [0.1, 0.15) is 0 Å². The summed E-state index contributed by atoms with van der Waals surface area (Å²) in [5.41, 5.74) is 6.16. The Labute approximate surface area is 176 Å². The average molecular weight is 384 g/mol. The van der Waals surface area contributed by atoms with E-state index in [1.165, 1.54) is 0 Å². The van der Waals surface area contributed by atoms with Gasteiger partial charge in [-0.1, -0.05) is 109 Å². The second-order valence-electron chi connectivity index (χ2n) is 7.34. The molecule has 1 aliphatic rings. The predicted molar refractivity (Wildman–Crippen MR) is 126 cm³/mol. The maximum absolute atomic E-state index is 12.9. The molecule has 4 aromatic carbocycles. The molecule has 0 atom stereocenters. The van der Waals surface area contributed by atoms with Crippen molar-refractivity contribution in [3.05, 3.63) is 138 Å². The number of rotatable bonds is 3. The molecule has 0 saturated carbocycles. The Hall–Kier alpha value is -3.97. The van der Waals surface area contributed by atoms with E-state index in [0.717, 1.165) is 44.2 Å². The van der Waals surface area contributed by atoms with Crippen LogP contribution >= 0.6 is 0 Å². The van der Waals surface area contributed by atoms with Crippen LogP contribution in [0.4, 0.5) is 0 Å². The van der Waals surface area contributed by atoms with Gasteiger partial charge in [0.25, 0.3) is 0 Å². The summed E-state index contributed by atoms with van der Waals surface area (Å²) in [4.78, 5) is 12.9. The summed E-state index contributed by atoms with van der Waals surface area (Å²) in [6.07, 6.45) is 7.64. The molecule has 0 heterocycles. The zero-order valence-corrected chi connectivity index (χ0v) is 16.5. The standard InChI is InChI=1S/C29H20O/c30-28-20-17-24-16-15-23-13-7-8-14-26(23)29(24)27(28)19-18-25(21-9-3-1-4-10-21)22-11-5-2-6-12-22/h1-20H/b27-19+. The molecule has 0 radical (unpaired) electrons. The molecule has 0 N–H and O–H groups in total. The number of fused-ring (bicyclic) bond motifs is 3. The minimum Gasteiger partial charge on any atom is -0.289 e. The van der Waals surface area contributed by atoms with Crippen LogP contribution in [0.25, 0.3) is 28.0 Å². The van der Waals surface area contributed by atoms with Gasteiger partial charge in [-0.25, -0.2) is 0 Å². The molecule has 1 heteroatoms. The van der Waals surface area contributed by atoms with Gasteiger partial charge in [0, 0.05) is 11.1 Å². The monoisotopic (exact) mass is 384 g/mol. The normalized spacial score (nSPS) is 14.0. The third kappa shape index (κ3) is 3.31. The Morgan fingerprint density at radius 2 is 1.27 bits per heavy atom. The Balaban J connectivity index is 1.72. The Bertz CT molecular complexity index is 1280. The maximum Gasteiger partial charge on any atom is 0.186 e. The Kier molecular flexibility index (Phi) is 4.71. The first-order chi connectivity index (χ1) is 14.8. The molecule has 4 aromatic rings. The summed E-state index contributed by atoms with van der Waals surface area (Å²) in [7, 11) is 0. The fourth-order valence-electron chi connectivity index (χ4n) is 4.03. The second kappa shape index (κ2) is 7.81. The molecular formula is C29H20O. The van der Waals surface area contributed by atoms with Crippen molar-refractivity contribution < 1.29 is 4.79 Å². The van der Waals surface area contributed by atoms with Gasteiger partial charge >= 0.3 is 0 Å². The van der Waals surface area contributed by atoms with E-state index in [1.807, 2.05) is 60.7 Å². The molecule has 0 bridgehead atoms. The summed E-state index contributed by atoms with van der Waals surface area (Å²) < 4.78 is 0. The molecule has 30 heavy (non-hydrogen) atoms. The highest BCUT2D eigenvalue weighted by molar-refractivity contribution is 6.32. The summed E-state index contributed by atoms with van der Waals surface area (Å²) in [6, 6.07) is 33.0. The highest BCUT2D eigenvalue weighted by atomic mass is 16.1. The first kappa shape index (κ1) is 18.1. The smallest absolute Gasteiger partial charge is 0.186 e. The van der Waals surface area contributed by atoms with Crippen LogP contribution in [0, 0.1) is 0 Å². The van der Waals surface area contributed by atoms with E-state index in [9.17, 15) is 4.79 Å². The Morgan fingerprint density at radius 1 is 0.633 bits per heavy atom. The van der Waals surface area contributed by atoms with Crippen molar-refractivity contribution in [2.24, 2.45) is 0 Å². The van der Waals surface area contributed by atoms with Crippen LogP contribution in [-0.4, -0.2) is 5.78 Å². The second-order valence-corrected chi connectivity index (χ2v) is 7.34. The van der Waals surface area contributed by atoms with Crippen molar-refractivity contribution in [1.29, 1.82) is 0 Å². The van der Waals surface area contributed by atoms with Crippen molar-refractivity contribution in [1.82, 2.24) is 0 Å². The minimum atomic E-state index is 0.0376. The molecule has 0 aliphatic heterocycles. The van der Waals surface area contributed by atoms with Gasteiger partial charge in [0.05, 0.1) is 0 Å². The third-order valence-electron chi connectivity index (χ3n) is 5.50. The van der Waals surface area contributed by atoms with Gasteiger partial charge in [-0.05, 0) is 45.2 Å². The van der Waals surface area contributed by atoms with E-state index in [4.69, 9.17) is 0 Å². The average Bonchev–Trinajstić information content (AvgIpc) is 2.81. The molecule has 5 rings (SSSR count). The molecular weight excluding hydrogens is 364 g/mol. The van der Waals surface area contributed by atoms with Crippen molar-refractivity contribution in [3.8, 4) is 0 Å². The van der Waals surface area contributed by atoms with E-state index in [0.29, 0.717) is 0 Å². The number of hydrogen-bond acceptors (Lipinski definition) is 1. The first-order valence-corrected chi connectivity index (χ1v) is 10.1. The van der Waals surface area contributed by atoms with E-state index >= 15 is 0 Å². The van der Waals surface area contributed by atoms with E-state index in [-0.39, 0.29) is 5.78 Å². The maximum atomic E-state index is 12.9.